The largest absolute Gasteiger partial charge is 0.304 e. The molecule has 1 aromatic heterocycles. The van der Waals surface area contributed by atoms with Crippen LogP contribution in [0.25, 0.3) is 0 Å². The number of nitrogens with two attached hydrogens (primary N) is 1. The van der Waals surface area contributed by atoms with E-state index in [1.165, 1.54) is 4.88 Å². The van der Waals surface area contributed by atoms with Crippen molar-refractivity contribution in [2.24, 2.45) is 5.84 Å². The first kappa shape index (κ1) is 14.1. The van der Waals surface area contributed by atoms with E-state index in [2.05, 4.69) is 51.5 Å². The summed E-state index contributed by atoms with van der Waals surface area (Å²) in [5.74, 6) is 5.62. The van der Waals surface area contributed by atoms with Crippen LogP contribution < -0.4 is 11.3 Å². The van der Waals surface area contributed by atoms with Gasteiger partial charge in [0, 0.05) is 9.35 Å². The Morgan fingerprint density at radius 2 is 2.19 bits per heavy atom. The molecule has 0 aromatic carbocycles. The molecule has 1 atom stereocenters. The minimum Gasteiger partial charge on any atom is -0.304 e. The maximum atomic E-state index is 5.62. The molecule has 1 rings (SSSR count). The van der Waals surface area contributed by atoms with Crippen molar-refractivity contribution >= 4 is 27.3 Å². The first-order chi connectivity index (χ1) is 7.72. The molecule has 1 aromatic rings. The first-order valence-electron chi connectivity index (χ1n) is 5.64. The van der Waals surface area contributed by atoms with E-state index in [0.29, 0.717) is 0 Å². The standard InChI is InChI=1S/C11H20BrN3S/c1-3-15(4-2)7-5-10(14-13)11-9(12)6-8-16-11/h6,8,10,14H,3-5,7,13H2,1-2H3. The zero-order valence-electron chi connectivity index (χ0n) is 9.87. The van der Waals surface area contributed by atoms with Gasteiger partial charge in [-0.3, -0.25) is 11.3 Å². The van der Waals surface area contributed by atoms with E-state index in [1.807, 2.05) is 0 Å². The number of rotatable bonds is 7. The second-order valence-corrected chi connectivity index (χ2v) is 5.47. The summed E-state index contributed by atoms with van der Waals surface area (Å²) in [6, 6.07) is 2.32. The number of hydrazine groups is 1. The van der Waals surface area contributed by atoms with Crippen molar-refractivity contribution in [2.75, 3.05) is 19.6 Å². The fourth-order valence-electron chi connectivity index (χ4n) is 1.70. The smallest absolute Gasteiger partial charge is 0.0576 e. The minimum absolute atomic E-state index is 0.245. The lowest BCUT2D eigenvalue weighted by Crippen LogP contribution is -2.32. The van der Waals surface area contributed by atoms with Crippen molar-refractivity contribution in [3.63, 3.8) is 0 Å². The predicted molar refractivity (Wildman–Crippen MR) is 74.5 cm³/mol. The van der Waals surface area contributed by atoms with Crippen molar-refractivity contribution < 1.29 is 0 Å². The summed E-state index contributed by atoms with van der Waals surface area (Å²) in [5, 5.41) is 2.08. The first-order valence-corrected chi connectivity index (χ1v) is 7.31. The number of thiophene rings is 1. The van der Waals surface area contributed by atoms with Gasteiger partial charge in [-0.05, 0) is 53.4 Å². The van der Waals surface area contributed by atoms with Gasteiger partial charge in [-0.15, -0.1) is 11.3 Å². The van der Waals surface area contributed by atoms with Crippen LogP contribution in [0.2, 0.25) is 0 Å². The van der Waals surface area contributed by atoms with E-state index in [-0.39, 0.29) is 6.04 Å². The van der Waals surface area contributed by atoms with Crippen molar-refractivity contribution in [1.82, 2.24) is 10.3 Å². The fourth-order valence-corrected chi connectivity index (χ4v) is 3.44. The molecule has 1 unspecified atom stereocenters. The van der Waals surface area contributed by atoms with Crippen molar-refractivity contribution in [1.29, 1.82) is 0 Å². The van der Waals surface area contributed by atoms with Crippen LogP contribution in [0.15, 0.2) is 15.9 Å². The second-order valence-electron chi connectivity index (χ2n) is 3.67. The number of halogens is 1. The lowest BCUT2D eigenvalue weighted by Gasteiger charge is -2.22. The Labute approximate surface area is 110 Å². The van der Waals surface area contributed by atoms with Gasteiger partial charge in [0.2, 0.25) is 0 Å². The minimum atomic E-state index is 0.245. The number of hydrogen-bond acceptors (Lipinski definition) is 4. The summed E-state index contributed by atoms with van der Waals surface area (Å²) < 4.78 is 1.15. The van der Waals surface area contributed by atoms with Gasteiger partial charge in [-0.2, -0.15) is 0 Å². The Morgan fingerprint density at radius 1 is 1.50 bits per heavy atom. The summed E-state index contributed by atoms with van der Waals surface area (Å²) >= 11 is 5.29. The van der Waals surface area contributed by atoms with E-state index >= 15 is 0 Å². The van der Waals surface area contributed by atoms with Crippen molar-refractivity contribution in [2.45, 2.75) is 26.3 Å². The van der Waals surface area contributed by atoms with Gasteiger partial charge in [-0.25, -0.2) is 0 Å². The Morgan fingerprint density at radius 3 is 2.62 bits per heavy atom. The van der Waals surface area contributed by atoms with Gasteiger partial charge in [0.25, 0.3) is 0 Å². The van der Waals surface area contributed by atoms with Crippen LogP contribution in [-0.2, 0) is 0 Å². The molecule has 0 bridgehead atoms. The predicted octanol–water partition coefficient (Wildman–Crippen LogP) is 2.75. The summed E-state index contributed by atoms with van der Waals surface area (Å²) in [6.07, 6.45) is 1.04. The van der Waals surface area contributed by atoms with E-state index in [4.69, 9.17) is 5.84 Å². The molecule has 0 saturated carbocycles. The summed E-state index contributed by atoms with van der Waals surface area (Å²) in [5.41, 5.74) is 2.90. The number of nitrogens with zero attached hydrogens (tertiary/aromatic N) is 1. The van der Waals surface area contributed by atoms with Crippen LogP contribution in [0.4, 0.5) is 0 Å². The maximum Gasteiger partial charge on any atom is 0.0576 e. The average molecular weight is 306 g/mol. The molecule has 0 radical (unpaired) electrons. The maximum absolute atomic E-state index is 5.62. The van der Waals surface area contributed by atoms with Gasteiger partial charge >= 0.3 is 0 Å². The second kappa shape index (κ2) is 7.40. The normalized spacial score (nSPS) is 13.3. The van der Waals surface area contributed by atoms with E-state index in [1.54, 1.807) is 11.3 Å². The number of hydrogen-bond donors (Lipinski definition) is 2. The SMILES string of the molecule is CCN(CC)CCC(NN)c1sccc1Br. The summed E-state index contributed by atoms with van der Waals surface area (Å²) in [7, 11) is 0. The van der Waals surface area contributed by atoms with E-state index in [9.17, 15) is 0 Å². The topological polar surface area (TPSA) is 41.3 Å². The fraction of sp³-hybridized carbons (Fsp3) is 0.636. The Hall–Kier alpha value is 0.0600. The Bertz CT molecular complexity index is 299. The molecule has 0 spiro atoms. The molecular formula is C11H20BrN3S. The molecule has 0 aliphatic heterocycles. The Kier molecular flexibility index (Phi) is 6.53. The highest BCUT2D eigenvalue weighted by atomic mass is 79.9. The molecule has 3 nitrogen and oxygen atoms in total. The molecule has 1 heterocycles. The van der Waals surface area contributed by atoms with Crippen molar-refractivity contribution in [3.05, 3.63) is 20.8 Å². The van der Waals surface area contributed by atoms with Crippen LogP contribution in [0, 0.1) is 0 Å². The highest BCUT2D eigenvalue weighted by Crippen LogP contribution is 2.30. The molecule has 92 valence electrons. The van der Waals surface area contributed by atoms with Gasteiger partial charge in [-0.1, -0.05) is 13.8 Å². The van der Waals surface area contributed by atoms with Crippen LogP contribution >= 0.6 is 27.3 Å². The molecule has 3 N–H and O–H groups in total. The molecular weight excluding hydrogens is 286 g/mol. The molecule has 0 saturated heterocycles. The summed E-state index contributed by atoms with van der Waals surface area (Å²) in [6.45, 7) is 7.65. The average Bonchev–Trinajstić information content (AvgIpc) is 2.71. The van der Waals surface area contributed by atoms with Crippen molar-refractivity contribution in [3.8, 4) is 0 Å². The third kappa shape index (κ3) is 3.82. The zero-order chi connectivity index (χ0) is 12.0. The Balaban J connectivity index is 2.53. The van der Waals surface area contributed by atoms with Crippen LogP contribution in [0.3, 0.4) is 0 Å². The van der Waals surface area contributed by atoms with Gasteiger partial charge in [0.1, 0.15) is 0 Å². The molecule has 0 amide bonds. The highest BCUT2D eigenvalue weighted by Gasteiger charge is 2.15. The van der Waals surface area contributed by atoms with Gasteiger partial charge < -0.3 is 4.90 Å². The van der Waals surface area contributed by atoms with E-state index in [0.717, 1.165) is 30.5 Å². The monoisotopic (exact) mass is 305 g/mol. The third-order valence-electron chi connectivity index (χ3n) is 2.79. The third-order valence-corrected chi connectivity index (χ3v) is 4.78. The molecule has 0 fully saturated rings. The quantitative estimate of drug-likeness (QED) is 0.601. The zero-order valence-corrected chi connectivity index (χ0v) is 12.3. The highest BCUT2D eigenvalue weighted by molar-refractivity contribution is 9.10. The van der Waals surface area contributed by atoms with Crippen LogP contribution in [-0.4, -0.2) is 24.5 Å². The molecule has 5 heteroatoms. The van der Waals surface area contributed by atoms with E-state index < -0.39 is 0 Å². The van der Waals surface area contributed by atoms with Crippen LogP contribution in [0.5, 0.6) is 0 Å². The molecule has 0 aliphatic carbocycles. The lowest BCUT2D eigenvalue weighted by atomic mass is 10.1. The lowest BCUT2D eigenvalue weighted by molar-refractivity contribution is 0.283. The van der Waals surface area contributed by atoms with Gasteiger partial charge in [0.05, 0.1) is 6.04 Å². The summed E-state index contributed by atoms with van der Waals surface area (Å²) in [4.78, 5) is 3.70. The van der Waals surface area contributed by atoms with Gasteiger partial charge in [0.15, 0.2) is 0 Å². The number of nitrogens with one attached hydrogen (secondary N) is 1. The molecule has 16 heavy (non-hydrogen) atoms. The molecule has 0 aliphatic rings. The van der Waals surface area contributed by atoms with Crippen LogP contribution in [0.1, 0.15) is 31.2 Å².